The summed E-state index contributed by atoms with van der Waals surface area (Å²) in [5.41, 5.74) is 1.09. The van der Waals surface area contributed by atoms with Crippen LogP contribution in [-0.2, 0) is 6.54 Å². The third-order valence-corrected chi connectivity index (χ3v) is 2.64. The summed E-state index contributed by atoms with van der Waals surface area (Å²) < 4.78 is 10.9. The van der Waals surface area contributed by atoms with Gasteiger partial charge in [0.2, 0.25) is 0 Å². The van der Waals surface area contributed by atoms with Gasteiger partial charge in [-0.05, 0) is 32.4 Å². The van der Waals surface area contributed by atoms with Crippen molar-refractivity contribution in [2.75, 3.05) is 26.9 Å². The van der Waals surface area contributed by atoms with Gasteiger partial charge in [-0.1, -0.05) is 12.1 Å². The average molecular weight is 253 g/mol. The van der Waals surface area contributed by atoms with Crippen molar-refractivity contribution in [2.24, 2.45) is 0 Å². The fraction of sp³-hybridized carbons (Fsp3) is 0.571. The molecule has 1 aromatic carbocycles. The number of methoxy groups -OCH3 is 1. The Hall–Kier alpha value is -1.26. The summed E-state index contributed by atoms with van der Waals surface area (Å²) >= 11 is 0. The van der Waals surface area contributed by atoms with Crippen LogP contribution < -0.4 is 14.8 Å². The quantitative estimate of drug-likeness (QED) is 0.661. The molecule has 1 rings (SSSR count). The van der Waals surface area contributed by atoms with Crippen molar-refractivity contribution in [3.8, 4) is 11.5 Å². The summed E-state index contributed by atoms with van der Waals surface area (Å²) in [6.07, 6.45) is 1.81. The van der Waals surface area contributed by atoms with E-state index in [-0.39, 0.29) is 6.61 Å². The first-order valence-corrected chi connectivity index (χ1v) is 6.43. The van der Waals surface area contributed by atoms with Crippen molar-refractivity contribution in [2.45, 2.75) is 26.3 Å². The van der Waals surface area contributed by atoms with Gasteiger partial charge < -0.3 is 19.9 Å². The molecular formula is C14H23NO3. The van der Waals surface area contributed by atoms with Crippen LogP contribution >= 0.6 is 0 Å². The highest BCUT2D eigenvalue weighted by Crippen LogP contribution is 2.30. The number of rotatable bonds is 9. The zero-order valence-electron chi connectivity index (χ0n) is 11.2. The molecule has 0 radical (unpaired) electrons. The molecule has 102 valence electrons. The Balaban J connectivity index is 2.55. The van der Waals surface area contributed by atoms with Gasteiger partial charge in [0.1, 0.15) is 0 Å². The van der Waals surface area contributed by atoms with Crippen molar-refractivity contribution in [1.29, 1.82) is 0 Å². The van der Waals surface area contributed by atoms with Gasteiger partial charge in [-0.3, -0.25) is 0 Å². The van der Waals surface area contributed by atoms with Crippen molar-refractivity contribution in [1.82, 2.24) is 5.32 Å². The minimum Gasteiger partial charge on any atom is -0.493 e. The highest BCUT2D eigenvalue weighted by atomic mass is 16.5. The Morgan fingerprint density at radius 2 is 2.11 bits per heavy atom. The number of unbranched alkanes of at least 4 members (excludes halogenated alkanes) is 1. The van der Waals surface area contributed by atoms with E-state index in [1.54, 1.807) is 7.11 Å². The molecule has 0 spiro atoms. The Bertz CT molecular complexity index is 342. The van der Waals surface area contributed by atoms with Gasteiger partial charge in [-0.15, -0.1) is 0 Å². The standard InChI is InChI=1S/C14H23NO3/c1-3-18-13-8-6-7-12(14(13)17-2)11-15-9-4-5-10-16/h6-8,15-16H,3-5,9-11H2,1-2H3. The second-order valence-corrected chi connectivity index (χ2v) is 3.99. The summed E-state index contributed by atoms with van der Waals surface area (Å²) in [5.74, 6) is 1.59. The molecule has 0 fully saturated rings. The average Bonchev–Trinajstić information content (AvgIpc) is 2.39. The summed E-state index contributed by atoms with van der Waals surface area (Å²) in [6, 6.07) is 5.91. The second-order valence-electron chi connectivity index (χ2n) is 3.99. The van der Waals surface area contributed by atoms with E-state index >= 15 is 0 Å². The van der Waals surface area contributed by atoms with E-state index < -0.39 is 0 Å². The minimum absolute atomic E-state index is 0.255. The van der Waals surface area contributed by atoms with Crippen LogP contribution in [0.4, 0.5) is 0 Å². The van der Waals surface area contributed by atoms with Crippen LogP contribution in [0, 0.1) is 0 Å². The molecule has 4 heteroatoms. The molecule has 1 aromatic rings. The van der Waals surface area contributed by atoms with Crippen molar-refractivity contribution >= 4 is 0 Å². The SMILES string of the molecule is CCOc1cccc(CNCCCCO)c1OC. The summed E-state index contributed by atoms with van der Waals surface area (Å²) in [5, 5.41) is 12.0. The molecule has 0 heterocycles. The number of nitrogens with one attached hydrogen (secondary N) is 1. The van der Waals surface area contributed by atoms with Gasteiger partial charge in [0, 0.05) is 18.7 Å². The van der Waals surface area contributed by atoms with Gasteiger partial charge >= 0.3 is 0 Å². The fourth-order valence-electron chi connectivity index (χ4n) is 1.79. The van der Waals surface area contributed by atoms with Crippen LogP contribution in [0.5, 0.6) is 11.5 Å². The Morgan fingerprint density at radius 3 is 2.78 bits per heavy atom. The Morgan fingerprint density at radius 1 is 1.28 bits per heavy atom. The topological polar surface area (TPSA) is 50.7 Å². The lowest BCUT2D eigenvalue weighted by Gasteiger charge is -2.14. The molecule has 0 amide bonds. The van der Waals surface area contributed by atoms with Crippen LogP contribution in [0.3, 0.4) is 0 Å². The van der Waals surface area contributed by atoms with Crippen molar-refractivity contribution in [3.63, 3.8) is 0 Å². The summed E-state index contributed by atoms with van der Waals surface area (Å²) in [7, 11) is 1.66. The first-order chi connectivity index (χ1) is 8.83. The molecule has 0 unspecified atom stereocenters. The predicted octanol–water partition coefficient (Wildman–Crippen LogP) is 1.96. The molecule has 0 aliphatic carbocycles. The third kappa shape index (κ3) is 4.55. The fourth-order valence-corrected chi connectivity index (χ4v) is 1.79. The van der Waals surface area contributed by atoms with Gasteiger partial charge in [0.15, 0.2) is 11.5 Å². The maximum atomic E-state index is 8.70. The van der Waals surface area contributed by atoms with Gasteiger partial charge in [0.05, 0.1) is 13.7 Å². The molecule has 0 bridgehead atoms. The predicted molar refractivity (Wildman–Crippen MR) is 72.2 cm³/mol. The molecule has 0 saturated carbocycles. The van der Waals surface area contributed by atoms with E-state index in [2.05, 4.69) is 5.32 Å². The molecule has 0 aliphatic heterocycles. The van der Waals surface area contributed by atoms with Crippen LogP contribution in [0.15, 0.2) is 18.2 Å². The lowest BCUT2D eigenvalue weighted by Crippen LogP contribution is -2.15. The van der Waals surface area contributed by atoms with Gasteiger partial charge in [-0.2, -0.15) is 0 Å². The summed E-state index contributed by atoms with van der Waals surface area (Å²) in [6.45, 7) is 4.48. The number of hydrogen-bond acceptors (Lipinski definition) is 4. The molecule has 0 aliphatic rings. The van der Waals surface area contributed by atoms with E-state index in [0.29, 0.717) is 6.61 Å². The van der Waals surface area contributed by atoms with Crippen molar-refractivity contribution < 1.29 is 14.6 Å². The van der Waals surface area contributed by atoms with Crippen LogP contribution in [-0.4, -0.2) is 32.0 Å². The number of aliphatic hydroxyl groups excluding tert-OH is 1. The smallest absolute Gasteiger partial charge is 0.165 e. The molecule has 2 N–H and O–H groups in total. The van der Waals surface area contributed by atoms with Crippen LogP contribution in [0.1, 0.15) is 25.3 Å². The normalized spacial score (nSPS) is 10.4. The number of para-hydroxylation sites is 1. The molecular weight excluding hydrogens is 230 g/mol. The molecule has 4 nitrogen and oxygen atoms in total. The lowest BCUT2D eigenvalue weighted by molar-refractivity contribution is 0.283. The lowest BCUT2D eigenvalue weighted by atomic mass is 10.2. The molecule has 0 atom stereocenters. The zero-order chi connectivity index (χ0) is 13.2. The highest BCUT2D eigenvalue weighted by Gasteiger charge is 2.09. The molecule has 18 heavy (non-hydrogen) atoms. The van der Waals surface area contributed by atoms with Gasteiger partial charge in [-0.25, -0.2) is 0 Å². The highest BCUT2D eigenvalue weighted by molar-refractivity contribution is 5.46. The van der Waals surface area contributed by atoms with E-state index in [1.165, 1.54) is 0 Å². The largest absolute Gasteiger partial charge is 0.493 e. The maximum absolute atomic E-state index is 8.70. The first-order valence-electron chi connectivity index (χ1n) is 6.43. The van der Waals surface area contributed by atoms with E-state index in [1.807, 2.05) is 25.1 Å². The Kier molecular flexibility index (Phi) is 7.22. The minimum atomic E-state index is 0.255. The maximum Gasteiger partial charge on any atom is 0.165 e. The van der Waals surface area contributed by atoms with Crippen molar-refractivity contribution in [3.05, 3.63) is 23.8 Å². The van der Waals surface area contributed by atoms with Gasteiger partial charge in [0.25, 0.3) is 0 Å². The monoisotopic (exact) mass is 253 g/mol. The third-order valence-electron chi connectivity index (χ3n) is 2.64. The van der Waals surface area contributed by atoms with E-state index in [4.69, 9.17) is 14.6 Å². The second kappa shape index (κ2) is 8.78. The number of ether oxygens (including phenoxy) is 2. The number of aliphatic hydroxyl groups is 1. The van der Waals surface area contributed by atoms with Crippen LogP contribution in [0.25, 0.3) is 0 Å². The van der Waals surface area contributed by atoms with Crippen LogP contribution in [0.2, 0.25) is 0 Å². The molecule has 0 aromatic heterocycles. The first kappa shape index (κ1) is 14.8. The molecule has 0 saturated heterocycles. The number of hydrogen-bond donors (Lipinski definition) is 2. The van der Waals surface area contributed by atoms with E-state index in [0.717, 1.165) is 43.0 Å². The Labute approximate surface area is 109 Å². The zero-order valence-corrected chi connectivity index (χ0v) is 11.2. The van der Waals surface area contributed by atoms with E-state index in [9.17, 15) is 0 Å². The number of benzene rings is 1. The summed E-state index contributed by atoms with van der Waals surface area (Å²) in [4.78, 5) is 0.